The number of halogens is 2. The molecule has 1 N–H and O–H groups in total. The van der Waals surface area contributed by atoms with Gasteiger partial charge in [0.15, 0.2) is 0 Å². The zero-order valence-electron chi connectivity index (χ0n) is 10.2. The summed E-state index contributed by atoms with van der Waals surface area (Å²) in [6.07, 6.45) is -2.41. The zero-order chi connectivity index (χ0) is 12.7. The van der Waals surface area contributed by atoms with E-state index in [4.69, 9.17) is 4.74 Å². The molecule has 1 rings (SSSR count). The molecule has 0 saturated heterocycles. The summed E-state index contributed by atoms with van der Waals surface area (Å²) < 4.78 is 30.2. The number of alkyl halides is 2. The van der Waals surface area contributed by atoms with Crippen LogP contribution in [0.2, 0.25) is 0 Å². The molecule has 1 atom stereocenters. The highest BCUT2D eigenvalue weighted by molar-refractivity contribution is 5.24. The Morgan fingerprint density at radius 2 is 2.12 bits per heavy atom. The Morgan fingerprint density at radius 1 is 1.35 bits per heavy atom. The number of benzene rings is 1. The molecular formula is C13H19F2NO. The topological polar surface area (TPSA) is 21.3 Å². The number of rotatable bonds is 7. The highest BCUT2D eigenvalue weighted by Crippen LogP contribution is 2.19. The van der Waals surface area contributed by atoms with E-state index in [1.54, 1.807) is 6.07 Å². The van der Waals surface area contributed by atoms with Crippen LogP contribution in [0.1, 0.15) is 31.4 Å². The lowest BCUT2D eigenvalue weighted by molar-refractivity contribution is 0.127. The van der Waals surface area contributed by atoms with Gasteiger partial charge >= 0.3 is 0 Å². The van der Waals surface area contributed by atoms with Gasteiger partial charge in [-0.25, -0.2) is 8.78 Å². The molecule has 0 aromatic heterocycles. The van der Waals surface area contributed by atoms with Gasteiger partial charge < -0.3 is 10.1 Å². The maximum atomic E-state index is 12.5. The van der Waals surface area contributed by atoms with Crippen molar-refractivity contribution in [3.05, 3.63) is 35.4 Å². The van der Waals surface area contributed by atoms with Gasteiger partial charge in [0.2, 0.25) is 0 Å². The van der Waals surface area contributed by atoms with Crippen molar-refractivity contribution in [1.82, 2.24) is 5.32 Å². The van der Waals surface area contributed by atoms with Crippen LogP contribution < -0.4 is 5.32 Å². The predicted octanol–water partition coefficient (Wildman–Crippen LogP) is 3.14. The fraction of sp³-hybridized carbons (Fsp3) is 0.538. The fourth-order valence-corrected chi connectivity index (χ4v) is 1.48. The van der Waals surface area contributed by atoms with Crippen LogP contribution in [-0.4, -0.2) is 19.3 Å². The predicted molar refractivity (Wildman–Crippen MR) is 64.2 cm³/mol. The standard InChI is InChI=1S/C13H19F2NO/c1-3-17-9-10(2)16-8-11-5-4-6-12(7-11)13(14)15/h4-7,10,13,16H,3,8-9H2,1-2H3. The molecule has 0 radical (unpaired) electrons. The largest absolute Gasteiger partial charge is 0.380 e. The summed E-state index contributed by atoms with van der Waals surface area (Å²) >= 11 is 0. The molecule has 0 amide bonds. The Hall–Kier alpha value is -1.00. The molecule has 0 aliphatic carbocycles. The summed E-state index contributed by atoms with van der Waals surface area (Å²) in [4.78, 5) is 0. The third-order valence-corrected chi connectivity index (χ3v) is 2.43. The first-order chi connectivity index (χ1) is 8.13. The van der Waals surface area contributed by atoms with E-state index in [-0.39, 0.29) is 11.6 Å². The molecule has 1 unspecified atom stereocenters. The Labute approximate surface area is 101 Å². The van der Waals surface area contributed by atoms with Crippen LogP contribution in [-0.2, 0) is 11.3 Å². The van der Waals surface area contributed by atoms with Crippen LogP contribution in [0.4, 0.5) is 8.78 Å². The van der Waals surface area contributed by atoms with Gasteiger partial charge in [-0.15, -0.1) is 0 Å². The lowest BCUT2D eigenvalue weighted by atomic mass is 10.1. The number of nitrogens with one attached hydrogen (secondary N) is 1. The summed E-state index contributed by atoms with van der Waals surface area (Å²) in [5, 5.41) is 3.23. The van der Waals surface area contributed by atoms with E-state index >= 15 is 0 Å². The van der Waals surface area contributed by atoms with Crippen molar-refractivity contribution < 1.29 is 13.5 Å². The molecule has 0 heterocycles. The van der Waals surface area contributed by atoms with Gasteiger partial charge in [-0.2, -0.15) is 0 Å². The van der Waals surface area contributed by atoms with E-state index < -0.39 is 6.43 Å². The molecule has 1 aromatic carbocycles. The highest BCUT2D eigenvalue weighted by atomic mass is 19.3. The summed E-state index contributed by atoms with van der Waals surface area (Å²) in [5.74, 6) is 0. The smallest absolute Gasteiger partial charge is 0.263 e. The monoisotopic (exact) mass is 243 g/mol. The van der Waals surface area contributed by atoms with Crippen molar-refractivity contribution in [1.29, 1.82) is 0 Å². The molecule has 0 bridgehead atoms. The van der Waals surface area contributed by atoms with Crippen molar-refractivity contribution in [3.63, 3.8) is 0 Å². The van der Waals surface area contributed by atoms with Gasteiger partial charge in [-0.05, 0) is 25.5 Å². The van der Waals surface area contributed by atoms with Gasteiger partial charge in [0, 0.05) is 24.8 Å². The van der Waals surface area contributed by atoms with Crippen LogP contribution >= 0.6 is 0 Å². The highest BCUT2D eigenvalue weighted by Gasteiger charge is 2.07. The summed E-state index contributed by atoms with van der Waals surface area (Å²) in [6, 6.07) is 6.69. The second-order valence-corrected chi connectivity index (χ2v) is 3.99. The van der Waals surface area contributed by atoms with Crippen molar-refractivity contribution >= 4 is 0 Å². The van der Waals surface area contributed by atoms with Gasteiger partial charge in [-0.3, -0.25) is 0 Å². The molecule has 0 aliphatic heterocycles. The van der Waals surface area contributed by atoms with E-state index in [1.165, 1.54) is 12.1 Å². The Balaban J connectivity index is 2.43. The molecule has 0 saturated carbocycles. The summed E-state index contributed by atoms with van der Waals surface area (Å²) in [7, 11) is 0. The SMILES string of the molecule is CCOCC(C)NCc1cccc(C(F)F)c1. The number of hydrogen-bond acceptors (Lipinski definition) is 2. The maximum Gasteiger partial charge on any atom is 0.263 e. The second-order valence-electron chi connectivity index (χ2n) is 3.99. The molecule has 1 aromatic rings. The molecule has 0 aliphatic rings. The average molecular weight is 243 g/mol. The van der Waals surface area contributed by atoms with Gasteiger partial charge in [0.1, 0.15) is 0 Å². The fourth-order valence-electron chi connectivity index (χ4n) is 1.48. The average Bonchev–Trinajstić information content (AvgIpc) is 2.34. The van der Waals surface area contributed by atoms with E-state index in [2.05, 4.69) is 5.32 Å². The molecular weight excluding hydrogens is 224 g/mol. The lowest BCUT2D eigenvalue weighted by Gasteiger charge is -2.14. The van der Waals surface area contributed by atoms with Crippen LogP contribution in [0.15, 0.2) is 24.3 Å². The van der Waals surface area contributed by atoms with Crippen LogP contribution in [0, 0.1) is 0 Å². The minimum Gasteiger partial charge on any atom is -0.380 e. The third-order valence-electron chi connectivity index (χ3n) is 2.43. The van der Waals surface area contributed by atoms with E-state index in [1.807, 2.05) is 19.9 Å². The Kier molecular flexibility index (Phi) is 6.08. The minimum atomic E-state index is -2.41. The van der Waals surface area contributed by atoms with Crippen molar-refractivity contribution in [2.45, 2.75) is 32.9 Å². The Bertz CT molecular complexity index is 331. The van der Waals surface area contributed by atoms with Crippen molar-refractivity contribution in [3.8, 4) is 0 Å². The summed E-state index contributed by atoms with van der Waals surface area (Å²) in [6.45, 7) is 5.85. The Morgan fingerprint density at radius 3 is 2.76 bits per heavy atom. The van der Waals surface area contributed by atoms with Crippen LogP contribution in [0.3, 0.4) is 0 Å². The molecule has 17 heavy (non-hydrogen) atoms. The normalized spacial score (nSPS) is 13.0. The van der Waals surface area contributed by atoms with E-state index in [9.17, 15) is 8.78 Å². The molecule has 96 valence electrons. The van der Waals surface area contributed by atoms with Gasteiger partial charge in [-0.1, -0.05) is 18.2 Å². The van der Waals surface area contributed by atoms with Gasteiger partial charge in [0.25, 0.3) is 6.43 Å². The molecule has 0 fully saturated rings. The van der Waals surface area contributed by atoms with E-state index in [0.29, 0.717) is 19.8 Å². The minimum absolute atomic E-state index is 0.0711. The quantitative estimate of drug-likeness (QED) is 0.794. The first kappa shape index (κ1) is 14.1. The first-order valence-electron chi connectivity index (χ1n) is 5.81. The third kappa shape index (κ3) is 5.24. The maximum absolute atomic E-state index is 12.5. The second kappa shape index (κ2) is 7.35. The van der Waals surface area contributed by atoms with Crippen LogP contribution in [0.5, 0.6) is 0 Å². The molecule has 2 nitrogen and oxygen atoms in total. The summed E-state index contributed by atoms with van der Waals surface area (Å²) in [5.41, 5.74) is 0.938. The number of hydrogen-bond donors (Lipinski definition) is 1. The number of ether oxygens (including phenoxy) is 1. The van der Waals surface area contributed by atoms with E-state index in [0.717, 1.165) is 5.56 Å². The molecule has 0 spiro atoms. The van der Waals surface area contributed by atoms with Crippen molar-refractivity contribution in [2.75, 3.05) is 13.2 Å². The lowest BCUT2D eigenvalue weighted by Crippen LogP contribution is -2.30. The van der Waals surface area contributed by atoms with Crippen LogP contribution in [0.25, 0.3) is 0 Å². The zero-order valence-corrected chi connectivity index (χ0v) is 10.2. The first-order valence-corrected chi connectivity index (χ1v) is 5.81. The van der Waals surface area contributed by atoms with Crippen molar-refractivity contribution in [2.24, 2.45) is 0 Å². The molecule has 4 heteroatoms. The van der Waals surface area contributed by atoms with Gasteiger partial charge in [0.05, 0.1) is 6.61 Å².